The van der Waals surface area contributed by atoms with Crippen molar-refractivity contribution in [2.45, 2.75) is 51.1 Å². The Morgan fingerprint density at radius 2 is 2.30 bits per heavy atom. The molecule has 1 atom stereocenters. The van der Waals surface area contributed by atoms with Crippen LogP contribution in [0.25, 0.3) is 0 Å². The fourth-order valence-corrected chi connectivity index (χ4v) is 2.99. The largest absolute Gasteiger partial charge is 0.469 e. The number of hydrazine groups is 1. The number of nitrogens with two attached hydrogens (primary N) is 1. The summed E-state index contributed by atoms with van der Waals surface area (Å²) in [6.45, 7) is 1.94. The maximum Gasteiger partial charge on any atom is 0.101 e. The van der Waals surface area contributed by atoms with Crippen molar-refractivity contribution in [3.05, 3.63) is 41.6 Å². The number of aryl methyl sites for hydroxylation is 1. The van der Waals surface area contributed by atoms with Crippen LogP contribution >= 0.6 is 0 Å². The van der Waals surface area contributed by atoms with Gasteiger partial charge in [0.05, 0.1) is 24.0 Å². The molecule has 0 aliphatic heterocycles. The van der Waals surface area contributed by atoms with Gasteiger partial charge >= 0.3 is 0 Å². The van der Waals surface area contributed by atoms with Crippen LogP contribution in [0.4, 0.5) is 0 Å². The van der Waals surface area contributed by atoms with E-state index >= 15 is 0 Å². The highest BCUT2D eigenvalue weighted by Gasteiger charge is 2.19. The van der Waals surface area contributed by atoms with Gasteiger partial charge in [0.15, 0.2) is 0 Å². The smallest absolute Gasteiger partial charge is 0.101 e. The minimum absolute atomic E-state index is 0.0411. The van der Waals surface area contributed by atoms with E-state index in [1.165, 1.54) is 25.7 Å². The number of nitrogens with zero attached hydrogens (tertiary/aromatic N) is 2. The van der Waals surface area contributed by atoms with E-state index in [4.69, 9.17) is 15.4 Å². The molecule has 0 radical (unpaired) electrons. The number of furan rings is 1. The lowest BCUT2D eigenvalue weighted by Crippen LogP contribution is -2.29. The Labute approximate surface area is 119 Å². The zero-order valence-electron chi connectivity index (χ0n) is 11.9. The second-order valence-corrected chi connectivity index (χ2v) is 5.64. The molecule has 2 aromatic rings. The molecule has 5 heteroatoms. The van der Waals surface area contributed by atoms with Crippen LogP contribution in [0.5, 0.6) is 0 Å². The van der Waals surface area contributed by atoms with Crippen LogP contribution in [-0.4, -0.2) is 9.78 Å². The van der Waals surface area contributed by atoms with Gasteiger partial charge < -0.3 is 4.42 Å². The lowest BCUT2D eigenvalue weighted by atomic mass is 10.1. The first-order valence-electron chi connectivity index (χ1n) is 7.31. The summed E-state index contributed by atoms with van der Waals surface area (Å²) in [7, 11) is 0. The zero-order valence-corrected chi connectivity index (χ0v) is 11.9. The normalized spacial score (nSPS) is 17.7. The summed E-state index contributed by atoms with van der Waals surface area (Å²) in [6.07, 6.45) is 9.77. The van der Waals surface area contributed by atoms with Crippen molar-refractivity contribution >= 4 is 0 Å². The summed E-state index contributed by atoms with van der Waals surface area (Å²) < 4.78 is 7.47. The molecule has 20 heavy (non-hydrogen) atoms. The molecular weight excluding hydrogens is 252 g/mol. The van der Waals surface area contributed by atoms with Crippen molar-refractivity contribution in [3.63, 3.8) is 0 Å². The summed E-state index contributed by atoms with van der Waals surface area (Å²) in [5.41, 5.74) is 4.99. The highest BCUT2D eigenvalue weighted by atomic mass is 16.3. The lowest BCUT2D eigenvalue weighted by Gasteiger charge is -2.13. The minimum atomic E-state index is 0.0411. The van der Waals surface area contributed by atoms with Gasteiger partial charge in [0.1, 0.15) is 5.76 Å². The average Bonchev–Trinajstić information content (AvgIpc) is 3.16. The fourth-order valence-electron chi connectivity index (χ4n) is 2.99. The van der Waals surface area contributed by atoms with Gasteiger partial charge in [0.25, 0.3) is 0 Å². The fraction of sp³-hybridized carbons (Fsp3) is 0.533. The summed E-state index contributed by atoms with van der Waals surface area (Å²) in [4.78, 5) is 0. The SMILES string of the molecule is Cc1cc(C(Cc2ccn(C3CCCC3)n2)NN)co1. The number of hydrogen-bond donors (Lipinski definition) is 2. The molecule has 0 aromatic carbocycles. The molecular formula is C15H22N4O. The van der Waals surface area contributed by atoms with Crippen molar-refractivity contribution in [2.75, 3.05) is 0 Å². The Hall–Kier alpha value is -1.59. The molecule has 1 saturated carbocycles. The van der Waals surface area contributed by atoms with Crippen LogP contribution in [0, 0.1) is 6.92 Å². The van der Waals surface area contributed by atoms with E-state index in [-0.39, 0.29) is 6.04 Å². The Morgan fingerprint density at radius 3 is 2.95 bits per heavy atom. The van der Waals surface area contributed by atoms with Crippen LogP contribution in [0.15, 0.2) is 29.0 Å². The van der Waals surface area contributed by atoms with Crippen molar-refractivity contribution in [1.29, 1.82) is 0 Å². The summed E-state index contributed by atoms with van der Waals surface area (Å²) in [5, 5.41) is 4.70. The van der Waals surface area contributed by atoms with Crippen molar-refractivity contribution in [2.24, 2.45) is 5.84 Å². The van der Waals surface area contributed by atoms with Gasteiger partial charge in [-0.05, 0) is 31.9 Å². The van der Waals surface area contributed by atoms with Crippen LogP contribution in [0.2, 0.25) is 0 Å². The molecule has 1 aliphatic rings. The topological polar surface area (TPSA) is 69.0 Å². The van der Waals surface area contributed by atoms with E-state index in [9.17, 15) is 0 Å². The second kappa shape index (κ2) is 5.81. The molecule has 3 N–H and O–H groups in total. The maximum atomic E-state index is 5.66. The molecule has 2 heterocycles. The first-order chi connectivity index (χ1) is 9.76. The van der Waals surface area contributed by atoms with Gasteiger partial charge in [0.2, 0.25) is 0 Å². The number of aromatic nitrogens is 2. The Kier molecular flexibility index (Phi) is 3.89. The summed E-state index contributed by atoms with van der Waals surface area (Å²) >= 11 is 0. The third-order valence-electron chi connectivity index (χ3n) is 4.13. The van der Waals surface area contributed by atoms with Gasteiger partial charge in [-0.2, -0.15) is 5.10 Å². The molecule has 108 valence electrons. The number of nitrogens with one attached hydrogen (secondary N) is 1. The number of rotatable bonds is 5. The summed E-state index contributed by atoms with van der Waals surface area (Å²) in [6, 6.07) is 4.73. The minimum Gasteiger partial charge on any atom is -0.469 e. The highest BCUT2D eigenvalue weighted by Crippen LogP contribution is 2.29. The van der Waals surface area contributed by atoms with Crippen LogP contribution < -0.4 is 11.3 Å². The van der Waals surface area contributed by atoms with Crippen LogP contribution in [-0.2, 0) is 6.42 Å². The van der Waals surface area contributed by atoms with Gasteiger partial charge in [-0.3, -0.25) is 16.0 Å². The zero-order chi connectivity index (χ0) is 13.9. The quantitative estimate of drug-likeness (QED) is 0.649. The van der Waals surface area contributed by atoms with Crippen molar-refractivity contribution in [1.82, 2.24) is 15.2 Å². The van der Waals surface area contributed by atoms with Gasteiger partial charge in [-0.15, -0.1) is 0 Å². The van der Waals surface area contributed by atoms with Crippen LogP contribution in [0.1, 0.15) is 54.8 Å². The molecule has 3 rings (SSSR count). The standard InChI is InChI=1S/C15H22N4O/c1-11-8-12(10-20-11)15(17-16)9-13-6-7-19(18-13)14-4-2-3-5-14/h6-8,10,14-15,17H,2-5,9,16H2,1H3. The highest BCUT2D eigenvalue weighted by molar-refractivity contribution is 5.18. The molecule has 2 aromatic heterocycles. The molecule has 1 aliphatic carbocycles. The Morgan fingerprint density at radius 1 is 1.50 bits per heavy atom. The first kappa shape index (κ1) is 13.4. The predicted octanol–water partition coefficient (Wildman–Crippen LogP) is 2.65. The molecule has 0 spiro atoms. The molecule has 0 amide bonds. The third kappa shape index (κ3) is 2.78. The third-order valence-corrected chi connectivity index (χ3v) is 4.13. The van der Waals surface area contributed by atoms with E-state index in [2.05, 4.69) is 22.4 Å². The van der Waals surface area contributed by atoms with E-state index < -0.39 is 0 Å². The van der Waals surface area contributed by atoms with Crippen LogP contribution in [0.3, 0.4) is 0 Å². The van der Waals surface area contributed by atoms with E-state index in [0.717, 1.165) is 23.4 Å². The monoisotopic (exact) mass is 274 g/mol. The Balaban J connectivity index is 1.69. The lowest BCUT2D eigenvalue weighted by molar-refractivity contribution is 0.456. The first-order valence-corrected chi connectivity index (χ1v) is 7.31. The van der Waals surface area contributed by atoms with E-state index in [0.29, 0.717) is 6.04 Å². The van der Waals surface area contributed by atoms with E-state index in [1.54, 1.807) is 6.26 Å². The molecule has 1 unspecified atom stereocenters. The molecule has 5 nitrogen and oxygen atoms in total. The average molecular weight is 274 g/mol. The molecule has 0 saturated heterocycles. The summed E-state index contributed by atoms with van der Waals surface area (Å²) in [5.74, 6) is 6.56. The second-order valence-electron chi connectivity index (χ2n) is 5.64. The maximum absolute atomic E-state index is 5.66. The van der Waals surface area contributed by atoms with Gasteiger partial charge in [-0.1, -0.05) is 12.8 Å². The predicted molar refractivity (Wildman–Crippen MR) is 76.9 cm³/mol. The van der Waals surface area contributed by atoms with Gasteiger partial charge in [-0.25, -0.2) is 0 Å². The molecule has 1 fully saturated rings. The Bertz CT molecular complexity index is 554. The number of hydrogen-bond acceptors (Lipinski definition) is 4. The van der Waals surface area contributed by atoms with Crippen molar-refractivity contribution < 1.29 is 4.42 Å². The van der Waals surface area contributed by atoms with E-state index in [1.807, 2.05) is 13.0 Å². The molecule has 0 bridgehead atoms. The van der Waals surface area contributed by atoms with Crippen molar-refractivity contribution in [3.8, 4) is 0 Å². The van der Waals surface area contributed by atoms with Gasteiger partial charge in [0, 0.05) is 18.2 Å².